The van der Waals surface area contributed by atoms with Gasteiger partial charge in [-0.05, 0) is 43.0 Å². The van der Waals surface area contributed by atoms with Gasteiger partial charge in [0.2, 0.25) is 0 Å². The van der Waals surface area contributed by atoms with Crippen molar-refractivity contribution in [2.75, 3.05) is 31.6 Å². The third-order valence-electron chi connectivity index (χ3n) is 5.23. The number of aliphatic imine (C=N–C) groups is 1. The Labute approximate surface area is 173 Å². The van der Waals surface area contributed by atoms with E-state index in [1.807, 2.05) is 36.4 Å². The van der Waals surface area contributed by atoms with Gasteiger partial charge >= 0.3 is 0 Å². The fourth-order valence-corrected chi connectivity index (χ4v) is 3.75. The number of benzene rings is 2. The Morgan fingerprint density at radius 1 is 1.17 bits per heavy atom. The summed E-state index contributed by atoms with van der Waals surface area (Å²) < 4.78 is 5.54. The maximum absolute atomic E-state index is 9.53. The molecule has 2 aromatic carbocycles. The molecule has 0 aromatic heterocycles. The van der Waals surface area contributed by atoms with Gasteiger partial charge in [0, 0.05) is 25.7 Å². The van der Waals surface area contributed by atoms with Crippen LogP contribution < -0.4 is 20.3 Å². The van der Waals surface area contributed by atoms with E-state index in [-0.39, 0.29) is 6.61 Å². The number of para-hydroxylation sites is 2. The monoisotopic (exact) mass is 396 g/mol. The van der Waals surface area contributed by atoms with Gasteiger partial charge in [-0.2, -0.15) is 0 Å². The van der Waals surface area contributed by atoms with Crippen LogP contribution in [0, 0.1) is 0 Å². The molecule has 29 heavy (non-hydrogen) atoms. The molecule has 0 amide bonds. The maximum atomic E-state index is 9.53. The number of ether oxygens (including phenoxy) is 1. The van der Waals surface area contributed by atoms with Gasteiger partial charge in [0.1, 0.15) is 5.75 Å². The van der Waals surface area contributed by atoms with Gasteiger partial charge < -0.3 is 25.4 Å². The van der Waals surface area contributed by atoms with Crippen LogP contribution in [0.2, 0.25) is 0 Å². The van der Waals surface area contributed by atoms with E-state index in [9.17, 15) is 5.11 Å². The number of aliphatic hydroxyl groups is 1. The van der Waals surface area contributed by atoms with Crippen LogP contribution in [-0.2, 0) is 13.2 Å². The summed E-state index contributed by atoms with van der Waals surface area (Å²) in [5, 5.41) is 16.5. The van der Waals surface area contributed by atoms with Crippen molar-refractivity contribution in [3.05, 3.63) is 59.7 Å². The SMILES string of the molecule is CCNC(=NCc1ccccc1CO)NC1CCCN(c2ccccc2OC)C1. The first-order chi connectivity index (χ1) is 14.2. The fraction of sp³-hybridized carbons (Fsp3) is 0.435. The van der Waals surface area contributed by atoms with Crippen LogP contribution in [0.15, 0.2) is 53.5 Å². The Bertz CT molecular complexity index is 809. The van der Waals surface area contributed by atoms with Crippen molar-refractivity contribution >= 4 is 11.6 Å². The first kappa shape index (κ1) is 21.0. The Hall–Kier alpha value is -2.73. The lowest BCUT2D eigenvalue weighted by Gasteiger charge is -2.36. The molecule has 0 spiro atoms. The van der Waals surface area contributed by atoms with Crippen molar-refractivity contribution in [1.82, 2.24) is 10.6 Å². The number of guanidine groups is 1. The molecular formula is C23H32N4O2. The molecule has 0 saturated carbocycles. The molecule has 156 valence electrons. The van der Waals surface area contributed by atoms with Crippen LogP contribution >= 0.6 is 0 Å². The van der Waals surface area contributed by atoms with Crippen molar-refractivity contribution in [3.8, 4) is 5.75 Å². The minimum absolute atomic E-state index is 0.0339. The van der Waals surface area contributed by atoms with Crippen molar-refractivity contribution < 1.29 is 9.84 Å². The molecule has 0 bridgehead atoms. The number of hydrogen-bond donors (Lipinski definition) is 3. The summed E-state index contributed by atoms with van der Waals surface area (Å²) in [6.45, 7) is 5.37. The van der Waals surface area contributed by atoms with Crippen molar-refractivity contribution in [3.63, 3.8) is 0 Å². The number of rotatable bonds is 7. The predicted octanol–water partition coefficient (Wildman–Crippen LogP) is 2.91. The molecule has 2 aromatic rings. The lowest BCUT2D eigenvalue weighted by atomic mass is 10.0. The van der Waals surface area contributed by atoms with Crippen LogP contribution in [0.1, 0.15) is 30.9 Å². The summed E-state index contributed by atoms with van der Waals surface area (Å²) in [5.41, 5.74) is 3.11. The molecule has 1 aliphatic rings. The summed E-state index contributed by atoms with van der Waals surface area (Å²) >= 11 is 0. The molecule has 1 fully saturated rings. The molecule has 1 saturated heterocycles. The summed E-state index contributed by atoms with van der Waals surface area (Å²) in [5.74, 6) is 1.72. The lowest BCUT2D eigenvalue weighted by Crippen LogP contribution is -2.51. The molecule has 1 aliphatic heterocycles. The van der Waals surface area contributed by atoms with E-state index in [0.717, 1.165) is 61.0 Å². The molecule has 3 rings (SSSR count). The molecule has 0 aliphatic carbocycles. The minimum Gasteiger partial charge on any atom is -0.495 e. The van der Waals surface area contributed by atoms with Gasteiger partial charge in [0.05, 0.1) is 25.9 Å². The molecule has 1 atom stereocenters. The van der Waals surface area contributed by atoms with Gasteiger partial charge in [-0.3, -0.25) is 0 Å². The standard InChI is InChI=1S/C23H32N4O2/c1-3-24-23(25-15-18-9-4-5-10-19(18)17-28)26-20-11-8-14-27(16-20)21-12-6-7-13-22(21)29-2/h4-7,9-10,12-13,20,28H,3,8,11,14-17H2,1-2H3,(H2,24,25,26). The molecule has 6 nitrogen and oxygen atoms in total. The normalized spacial score (nSPS) is 17.1. The molecule has 1 unspecified atom stereocenters. The summed E-state index contributed by atoms with van der Waals surface area (Å²) in [4.78, 5) is 7.14. The van der Waals surface area contributed by atoms with Crippen LogP contribution in [0.4, 0.5) is 5.69 Å². The zero-order valence-electron chi connectivity index (χ0n) is 17.4. The zero-order valence-corrected chi connectivity index (χ0v) is 17.4. The summed E-state index contributed by atoms with van der Waals surface area (Å²) in [6.07, 6.45) is 2.21. The topological polar surface area (TPSA) is 69.1 Å². The van der Waals surface area contributed by atoms with E-state index < -0.39 is 0 Å². The fourth-order valence-electron chi connectivity index (χ4n) is 3.75. The average Bonchev–Trinajstić information content (AvgIpc) is 2.78. The van der Waals surface area contributed by atoms with Crippen molar-refractivity contribution in [1.29, 1.82) is 0 Å². The first-order valence-electron chi connectivity index (χ1n) is 10.4. The van der Waals surface area contributed by atoms with Crippen LogP contribution in [-0.4, -0.2) is 43.9 Å². The molecule has 3 N–H and O–H groups in total. The first-order valence-corrected chi connectivity index (χ1v) is 10.4. The van der Waals surface area contributed by atoms with Crippen LogP contribution in [0.5, 0.6) is 5.75 Å². The number of nitrogens with zero attached hydrogens (tertiary/aromatic N) is 2. The number of anilines is 1. The van der Waals surface area contributed by atoms with E-state index in [1.165, 1.54) is 0 Å². The summed E-state index contributed by atoms with van der Waals surface area (Å²) in [7, 11) is 1.72. The van der Waals surface area contributed by atoms with Gasteiger partial charge in [-0.25, -0.2) is 4.99 Å². The molecule has 0 radical (unpaired) electrons. The second-order valence-electron chi connectivity index (χ2n) is 7.22. The molecule has 6 heteroatoms. The Kier molecular flexibility index (Phi) is 7.76. The van der Waals surface area contributed by atoms with E-state index >= 15 is 0 Å². The van der Waals surface area contributed by atoms with Gasteiger partial charge in [0.25, 0.3) is 0 Å². The third-order valence-corrected chi connectivity index (χ3v) is 5.23. The highest BCUT2D eigenvalue weighted by molar-refractivity contribution is 5.80. The quantitative estimate of drug-likeness (QED) is 0.496. The highest BCUT2D eigenvalue weighted by Gasteiger charge is 2.22. The van der Waals surface area contributed by atoms with Crippen molar-refractivity contribution in [2.24, 2.45) is 4.99 Å². The van der Waals surface area contributed by atoms with E-state index in [0.29, 0.717) is 12.6 Å². The van der Waals surface area contributed by atoms with Crippen LogP contribution in [0.3, 0.4) is 0 Å². The molecular weight excluding hydrogens is 364 g/mol. The Morgan fingerprint density at radius 3 is 2.69 bits per heavy atom. The van der Waals surface area contributed by atoms with E-state index in [1.54, 1.807) is 7.11 Å². The number of methoxy groups -OCH3 is 1. The Balaban J connectivity index is 1.68. The predicted molar refractivity (Wildman–Crippen MR) is 119 cm³/mol. The lowest BCUT2D eigenvalue weighted by molar-refractivity contribution is 0.280. The highest BCUT2D eigenvalue weighted by Crippen LogP contribution is 2.29. The number of aliphatic hydroxyl groups excluding tert-OH is 1. The Morgan fingerprint density at radius 2 is 1.93 bits per heavy atom. The van der Waals surface area contributed by atoms with E-state index in [4.69, 9.17) is 9.73 Å². The second kappa shape index (κ2) is 10.7. The van der Waals surface area contributed by atoms with E-state index in [2.05, 4.69) is 34.6 Å². The largest absolute Gasteiger partial charge is 0.495 e. The smallest absolute Gasteiger partial charge is 0.191 e. The highest BCUT2D eigenvalue weighted by atomic mass is 16.5. The number of piperidine rings is 1. The minimum atomic E-state index is 0.0339. The third kappa shape index (κ3) is 5.64. The zero-order chi connectivity index (χ0) is 20.5. The number of hydrogen-bond acceptors (Lipinski definition) is 4. The van der Waals surface area contributed by atoms with Crippen molar-refractivity contribution in [2.45, 2.75) is 39.0 Å². The average molecular weight is 397 g/mol. The summed E-state index contributed by atoms with van der Waals surface area (Å²) in [6, 6.07) is 16.4. The van der Waals surface area contributed by atoms with Gasteiger partial charge in [-0.1, -0.05) is 36.4 Å². The molecule has 1 heterocycles. The van der Waals surface area contributed by atoms with Gasteiger partial charge in [0.15, 0.2) is 5.96 Å². The number of nitrogens with one attached hydrogen (secondary N) is 2. The van der Waals surface area contributed by atoms with Crippen LogP contribution in [0.25, 0.3) is 0 Å². The maximum Gasteiger partial charge on any atom is 0.191 e. The van der Waals surface area contributed by atoms with Gasteiger partial charge in [-0.15, -0.1) is 0 Å². The second-order valence-corrected chi connectivity index (χ2v) is 7.22.